The number of carbonyl (C=O) groups excluding carboxylic acids is 2. The number of benzene rings is 2. The Balaban J connectivity index is 1.77. The summed E-state index contributed by atoms with van der Waals surface area (Å²) in [4.78, 5) is 25.0. The minimum atomic E-state index is -0.110. The third-order valence-electron chi connectivity index (χ3n) is 3.91. The molecule has 0 saturated carbocycles. The van der Waals surface area contributed by atoms with Crippen LogP contribution in [0.25, 0.3) is 0 Å². The quantitative estimate of drug-likeness (QED) is 0.718. The Labute approximate surface area is 149 Å². The molecule has 0 aromatic heterocycles. The zero-order valence-electron chi connectivity index (χ0n) is 15.1. The van der Waals surface area contributed by atoms with E-state index in [1.165, 1.54) is 5.56 Å². The molecule has 2 aromatic rings. The van der Waals surface area contributed by atoms with Crippen molar-refractivity contribution in [2.24, 2.45) is 0 Å². The predicted molar refractivity (Wildman–Crippen MR) is 101 cm³/mol. The fourth-order valence-electron chi connectivity index (χ4n) is 2.48. The van der Waals surface area contributed by atoms with Crippen LogP contribution in [0.15, 0.2) is 48.5 Å². The number of hydrogen-bond donors (Lipinski definition) is 3. The molecule has 0 bridgehead atoms. The van der Waals surface area contributed by atoms with Crippen LogP contribution in [0.1, 0.15) is 18.1 Å². The van der Waals surface area contributed by atoms with Crippen LogP contribution in [0.5, 0.6) is 0 Å². The fourth-order valence-corrected chi connectivity index (χ4v) is 2.48. The first-order valence-electron chi connectivity index (χ1n) is 8.53. The number of likely N-dealkylation sites (N-methyl/N-ethyl adjacent to an activating group) is 1. The second kappa shape index (κ2) is 8.99. The van der Waals surface area contributed by atoms with E-state index in [4.69, 9.17) is 0 Å². The second-order valence-electron chi connectivity index (χ2n) is 6.32. The summed E-state index contributed by atoms with van der Waals surface area (Å²) in [7, 11) is 1.83. The Morgan fingerprint density at radius 3 is 1.72 bits per heavy atom. The van der Waals surface area contributed by atoms with E-state index in [1.54, 1.807) is 0 Å². The molecule has 0 heterocycles. The van der Waals surface area contributed by atoms with Crippen molar-refractivity contribution in [3.63, 3.8) is 0 Å². The molecule has 0 radical (unpaired) electrons. The molecule has 132 valence electrons. The molecule has 0 aliphatic rings. The molecule has 0 aliphatic heterocycles. The van der Waals surface area contributed by atoms with Crippen LogP contribution in [-0.4, -0.2) is 32.0 Å². The zero-order chi connectivity index (χ0) is 18.2. The van der Waals surface area contributed by atoms with E-state index in [0.29, 0.717) is 0 Å². The first-order chi connectivity index (χ1) is 12.0. The molecule has 0 aliphatic carbocycles. The molecule has 25 heavy (non-hydrogen) atoms. The fraction of sp³-hybridized carbons (Fsp3) is 0.300. The van der Waals surface area contributed by atoms with Crippen molar-refractivity contribution >= 4 is 23.2 Å². The largest absolute Gasteiger partial charge is 0.322 e. The highest BCUT2D eigenvalue weighted by Gasteiger charge is 2.14. The van der Waals surface area contributed by atoms with Gasteiger partial charge in [-0.05, 0) is 43.2 Å². The number of nitrogens with one attached hydrogen (secondary N) is 3. The van der Waals surface area contributed by atoms with Crippen LogP contribution >= 0.6 is 0 Å². The van der Waals surface area contributed by atoms with Crippen LogP contribution in [0.2, 0.25) is 0 Å². The SMILES string of the molecule is CCc1ccc(NC(=O)C[NH+](C)CC(=O)Nc2ccc(C)cc2)cc1. The number of anilines is 2. The van der Waals surface area contributed by atoms with Gasteiger partial charge in [-0.3, -0.25) is 9.59 Å². The van der Waals surface area contributed by atoms with Crippen LogP contribution in [0.4, 0.5) is 11.4 Å². The summed E-state index contributed by atoms with van der Waals surface area (Å²) in [5.41, 5.74) is 3.92. The molecule has 0 saturated heterocycles. The summed E-state index contributed by atoms with van der Waals surface area (Å²) in [5, 5.41) is 5.71. The van der Waals surface area contributed by atoms with Crippen molar-refractivity contribution in [2.45, 2.75) is 20.3 Å². The number of carbonyl (C=O) groups is 2. The van der Waals surface area contributed by atoms with E-state index in [9.17, 15) is 9.59 Å². The average Bonchev–Trinajstić information content (AvgIpc) is 2.57. The molecule has 1 atom stereocenters. The van der Waals surface area contributed by atoms with E-state index in [-0.39, 0.29) is 24.9 Å². The van der Waals surface area contributed by atoms with Gasteiger partial charge in [-0.2, -0.15) is 0 Å². The normalized spacial score (nSPS) is 11.6. The van der Waals surface area contributed by atoms with Gasteiger partial charge < -0.3 is 15.5 Å². The van der Waals surface area contributed by atoms with Crippen LogP contribution in [0.3, 0.4) is 0 Å². The number of amides is 2. The van der Waals surface area contributed by atoms with Gasteiger partial charge >= 0.3 is 0 Å². The number of rotatable bonds is 7. The highest BCUT2D eigenvalue weighted by Crippen LogP contribution is 2.09. The molecule has 2 amide bonds. The summed E-state index contributed by atoms with van der Waals surface area (Å²) in [5.74, 6) is -0.216. The maximum absolute atomic E-state index is 12.1. The first kappa shape index (κ1) is 18.7. The van der Waals surface area contributed by atoms with E-state index < -0.39 is 0 Å². The lowest BCUT2D eigenvalue weighted by Gasteiger charge is -2.14. The van der Waals surface area contributed by atoms with Crippen LogP contribution in [0, 0.1) is 6.92 Å². The topological polar surface area (TPSA) is 62.6 Å². The Kier molecular flexibility index (Phi) is 6.71. The summed E-state index contributed by atoms with van der Waals surface area (Å²) in [6.07, 6.45) is 0.969. The molecule has 0 fully saturated rings. The Hall–Kier alpha value is -2.66. The maximum atomic E-state index is 12.1. The molecule has 2 aromatic carbocycles. The summed E-state index contributed by atoms with van der Waals surface area (Å²) >= 11 is 0. The number of hydrogen-bond acceptors (Lipinski definition) is 2. The van der Waals surface area contributed by atoms with Crippen molar-refractivity contribution in [3.8, 4) is 0 Å². The first-order valence-corrected chi connectivity index (χ1v) is 8.53. The van der Waals surface area contributed by atoms with Gasteiger partial charge in [-0.1, -0.05) is 36.8 Å². The number of quaternary nitrogens is 1. The smallest absolute Gasteiger partial charge is 0.279 e. The Bertz CT molecular complexity index is 709. The zero-order valence-corrected chi connectivity index (χ0v) is 15.1. The van der Waals surface area contributed by atoms with Gasteiger partial charge in [-0.25, -0.2) is 0 Å². The molecule has 5 nitrogen and oxygen atoms in total. The lowest BCUT2D eigenvalue weighted by atomic mass is 10.1. The summed E-state index contributed by atoms with van der Waals surface area (Å²) in [6.45, 7) is 4.55. The van der Waals surface area contributed by atoms with Gasteiger partial charge in [0.15, 0.2) is 13.1 Å². The van der Waals surface area contributed by atoms with Gasteiger partial charge in [0.1, 0.15) is 0 Å². The lowest BCUT2D eigenvalue weighted by molar-refractivity contribution is -0.862. The average molecular weight is 340 g/mol. The minimum Gasteiger partial charge on any atom is -0.322 e. The highest BCUT2D eigenvalue weighted by atomic mass is 16.2. The molecular formula is C20H26N3O2+. The van der Waals surface area contributed by atoms with Crippen LogP contribution < -0.4 is 15.5 Å². The van der Waals surface area contributed by atoms with Crippen molar-refractivity contribution in [2.75, 3.05) is 30.8 Å². The van der Waals surface area contributed by atoms with Gasteiger partial charge in [0.25, 0.3) is 11.8 Å². The van der Waals surface area contributed by atoms with Crippen molar-refractivity contribution in [1.29, 1.82) is 0 Å². The van der Waals surface area contributed by atoms with Crippen LogP contribution in [-0.2, 0) is 16.0 Å². The third-order valence-corrected chi connectivity index (χ3v) is 3.91. The Morgan fingerprint density at radius 2 is 1.28 bits per heavy atom. The highest BCUT2D eigenvalue weighted by molar-refractivity contribution is 5.93. The van der Waals surface area contributed by atoms with Gasteiger partial charge in [-0.15, -0.1) is 0 Å². The number of aryl methyl sites for hydroxylation is 2. The third kappa shape index (κ3) is 6.39. The summed E-state index contributed by atoms with van der Waals surface area (Å²) < 4.78 is 0. The standard InChI is InChI=1S/C20H25N3O2/c1-4-16-7-11-18(12-8-16)22-20(25)14-23(3)13-19(24)21-17-9-5-15(2)6-10-17/h5-12H,4,13-14H2,1-3H3,(H,21,24)(H,22,25)/p+1. The second-order valence-corrected chi connectivity index (χ2v) is 6.32. The van der Waals surface area contributed by atoms with Gasteiger partial charge in [0.05, 0.1) is 7.05 Å². The van der Waals surface area contributed by atoms with Gasteiger partial charge in [0, 0.05) is 11.4 Å². The van der Waals surface area contributed by atoms with E-state index in [2.05, 4.69) is 17.6 Å². The molecule has 2 rings (SSSR count). The molecule has 3 N–H and O–H groups in total. The van der Waals surface area contributed by atoms with Crippen molar-refractivity contribution in [3.05, 3.63) is 59.7 Å². The Morgan fingerprint density at radius 1 is 0.840 bits per heavy atom. The molecular weight excluding hydrogens is 314 g/mol. The monoisotopic (exact) mass is 340 g/mol. The van der Waals surface area contributed by atoms with Crippen molar-refractivity contribution in [1.82, 2.24) is 0 Å². The molecule has 5 heteroatoms. The lowest BCUT2D eigenvalue weighted by Crippen LogP contribution is -3.11. The van der Waals surface area contributed by atoms with E-state index in [0.717, 1.165) is 28.3 Å². The maximum Gasteiger partial charge on any atom is 0.279 e. The van der Waals surface area contributed by atoms with E-state index in [1.807, 2.05) is 62.5 Å². The van der Waals surface area contributed by atoms with Gasteiger partial charge in [0.2, 0.25) is 0 Å². The predicted octanol–water partition coefficient (Wildman–Crippen LogP) is 1.65. The molecule has 1 unspecified atom stereocenters. The molecule has 0 spiro atoms. The minimum absolute atomic E-state index is 0.107. The van der Waals surface area contributed by atoms with Crippen molar-refractivity contribution < 1.29 is 14.5 Å². The van der Waals surface area contributed by atoms with E-state index >= 15 is 0 Å². The summed E-state index contributed by atoms with van der Waals surface area (Å²) in [6, 6.07) is 15.4.